The van der Waals surface area contributed by atoms with Crippen molar-refractivity contribution in [2.75, 3.05) is 12.4 Å². The smallest absolute Gasteiger partial charge is 0.265 e. The molecule has 4 heteroatoms. The average molecular weight is 285 g/mol. The van der Waals surface area contributed by atoms with Crippen LogP contribution in [0.15, 0.2) is 54.6 Å². The number of hydrogen-bond donors (Lipinski definition) is 1. The number of carbonyl (C=O) groups is 1. The van der Waals surface area contributed by atoms with Gasteiger partial charge in [-0.05, 0) is 42.8 Å². The van der Waals surface area contributed by atoms with Gasteiger partial charge in [-0.3, -0.25) is 4.79 Å². The predicted molar refractivity (Wildman–Crippen MR) is 82.8 cm³/mol. The van der Waals surface area contributed by atoms with Gasteiger partial charge in [0.15, 0.2) is 6.10 Å². The molecule has 1 N–H and O–H groups in total. The molecule has 0 saturated carbocycles. The lowest BCUT2D eigenvalue weighted by Gasteiger charge is -2.17. The summed E-state index contributed by atoms with van der Waals surface area (Å²) in [6.07, 6.45) is 0.0751. The monoisotopic (exact) mass is 285 g/mol. The first-order valence-corrected chi connectivity index (χ1v) is 6.89. The molecule has 0 saturated heterocycles. The van der Waals surface area contributed by atoms with Crippen molar-refractivity contribution < 1.29 is 14.3 Å². The normalized spacial score (nSPS) is 11.5. The van der Waals surface area contributed by atoms with Gasteiger partial charge in [-0.15, -0.1) is 0 Å². The van der Waals surface area contributed by atoms with Crippen molar-refractivity contribution in [3.8, 4) is 11.5 Å². The van der Waals surface area contributed by atoms with Crippen LogP contribution < -0.4 is 14.8 Å². The number of amides is 1. The molecule has 0 spiro atoms. The SMILES string of the molecule is CC[C@H](Oc1ccccc1)C(=O)Nc1ccc(OC)cc1. The van der Waals surface area contributed by atoms with E-state index in [1.54, 1.807) is 31.4 Å². The van der Waals surface area contributed by atoms with Gasteiger partial charge in [-0.2, -0.15) is 0 Å². The van der Waals surface area contributed by atoms with Crippen molar-refractivity contribution in [3.05, 3.63) is 54.6 Å². The standard InChI is InChI=1S/C17H19NO3/c1-3-16(21-15-7-5-4-6-8-15)17(19)18-13-9-11-14(20-2)12-10-13/h4-12,16H,3H2,1-2H3,(H,18,19)/t16-/m0/s1. The Bertz CT molecular complexity index is 566. The van der Waals surface area contributed by atoms with Crippen molar-refractivity contribution in [2.45, 2.75) is 19.4 Å². The molecule has 0 bridgehead atoms. The highest BCUT2D eigenvalue weighted by atomic mass is 16.5. The zero-order valence-corrected chi connectivity index (χ0v) is 12.2. The molecule has 0 unspecified atom stereocenters. The third kappa shape index (κ3) is 4.24. The van der Waals surface area contributed by atoms with Crippen LogP contribution in [0.25, 0.3) is 0 Å². The third-order valence-corrected chi connectivity index (χ3v) is 3.04. The van der Waals surface area contributed by atoms with Crippen molar-refractivity contribution in [1.82, 2.24) is 0 Å². The molecular weight excluding hydrogens is 266 g/mol. The number of hydrogen-bond acceptors (Lipinski definition) is 3. The minimum atomic E-state index is -0.519. The number of benzene rings is 2. The molecule has 2 rings (SSSR count). The number of nitrogens with one attached hydrogen (secondary N) is 1. The highest BCUT2D eigenvalue weighted by molar-refractivity contribution is 5.94. The van der Waals surface area contributed by atoms with E-state index in [2.05, 4.69) is 5.32 Å². The zero-order valence-electron chi connectivity index (χ0n) is 12.2. The second-order valence-electron chi connectivity index (χ2n) is 4.55. The molecule has 0 heterocycles. The molecule has 0 aliphatic carbocycles. The maximum atomic E-state index is 12.2. The van der Waals surface area contributed by atoms with Gasteiger partial charge in [0, 0.05) is 5.69 Å². The Morgan fingerprint density at radius 1 is 1.05 bits per heavy atom. The second kappa shape index (κ2) is 7.33. The molecule has 0 aromatic heterocycles. The second-order valence-corrected chi connectivity index (χ2v) is 4.55. The first kappa shape index (κ1) is 14.9. The third-order valence-electron chi connectivity index (χ3n) is 3.04. The Labute approximate surface area is 124 Å². The van der Waals surface area contributed by atoms with Crippen LogP contribution in [0, 0.1) is 0 Å². The van der Waals surface area contributed by atoms with Gasteiger partial charge in [0.05, 0.1) is 7.11 Å². The van der Waals surface area contributed by atoms with Gasteiger partial charge >= 0.3 is 0 Å². The van der Waals surface area contributed by atoms with E-state index in [0.29, 0.717) is 12.2 Å². The summed E-state index contributed by atoms with van der Waals surface area (Å²) in [4.78, 5) is 12.2. The predicted octanol–water partition coefficient (Wildman–Crippen LogP) is 3.49. The first-order chi connectivity index (χ1) is 10.2. The van der Waals surface area contributed by atoms with Crippen molar-refractivity contribution >= 4 is 11.6 Å². The molecule has 1 atom stereocenters. The van der Waals surface area contributed by atoms with E-state index in [4.69, 9.17) is 9.47 Å². The van der Waals surface area contributed by atoms with Crippen molar-refractivity contribution in [3.63, 3.8) is 0 Å². The number of ether oxygens (including phenoxy) is 2. The first-order valence-electron chi connectivity index (χ1n) is 6.89. The highest BCUT2D eigenvalue weighted by Gasteiger charge is 2.18. The quantitative estimate of drug-likeness (QED) is 0.883. The molecule has 110 valence electrons. The topological polar surface area (TPSA) is 47.6 Å². The summed E-state index contributed by atoms with van der Waals surface area (Å²) >= 11 is 0. The summed E-state index contributed by atoms with van der Waals surface area (Å²) in [5, 5.41) is 2.84. The molecule has 1 amide bonds. The van der Waals surface area contributed by atoms with Crippen LogP contribution in [-0.2, 0) is 4.79 Å². The lowest BCUT2D eigenvalue weighted by molar-refractivity contribution is -0.122. The Kier molecular flexibility index (Phi) is 5.21. The van der Waals surface area contributed by atoms with Gasteiger partial charge in [-0.25, -0.2) is 0 Å². The highest BCUT2D eigenvalue weighted by Crippen LogP contribution is 2.17. The summed E-state index contributed by atoms with van der Waals surface area (Å²) in [6, 6.07) is 16.5. The maximum absolute atomic E-state index is 12.2. The van der Waals surface area contributed by atoms with E-state index in [0.717, 1.165) is 11.4 Å². The molecule has 2 aromatic rings. The Balaban J connectivity index is 1.99. The fourth-order valence-electron chi connectivity index (χ4n) is 1.88. The van der Waals surface area contributed by atoms with Crippen LogP contribution in [-0.4, -0.2) is 19.1 Å². The number of methoxy groups -OCH3 is 1. The van der Waals surface area contributed by atoms with E-state index in [-0.39, 0.29) is 5.91 Å². The number of rotatable bonds is 6. The summed E-state index contributed by atoms with van der Waals surface area (Å²) in [5.74, 6) is 1.28. The fraction of sp³-hybridized carbons (Fsp3) is 0.235. The molecular formula is C17H19NO3. The largest absolute Gasteiger partial charge is 0.497 e. The van der Waals surface area contributed by atoms with E-state index < -0.39 is 6.10 Å². The molecule has 4 nitrogen and oxygen atoms in total. The van der Waals surface area contributed by atoms with Crippen LogP contribution >= 0.6 is 0 Å². The van der Waals surface area contributed by atoms with Crippen LogP contribution in [0.2, 0.25) is 0 Å². The van der Waals surface area contributed by atoms with Crippen LogP contribution in [0.4, 0.5) is 5.69 Å². The number of para-hydroxylation sites is 1. The lowest BCUT2D eigenvalue weighted by Crippen LogP contribution is -2.32. The minimum absolute atomic E-state index is 0.161. The zero-order chi connectivity index (χ0) is 15.1. The van der Waals surface area contributed by atoms with Gasteiger partial charge < -0.3 is 14.8 Å². The van der Waals surface area contributed by atoms with Crippen LogP contribution in [0.3, 0.4) is 0 Å². The summed E-state index contributed by atoms with van der Waals surface area (Å²) in [6.45, 7) is 1.92. The molecule has 21 heavy (non-hydrogen) atoms. The number of anilines is 1. The molecule has 0 fully saturated rings. The molecule has 0 aliphatic heterocycles. The van der Waals surface area contributed by atoms with Crippen LogP contribution in [0.5, 0.6) is 11.5 Å². The van der Waals surface area contributed by atoms with Crippen LogP contribution in [0.1, 0.15) is 13.3 Å². The average Bonchev–Trinajstić information content (AvgIpc) is 2.54. The Morgan fingerprint density at radius 2 is 1.71 bits per heavy atom. The summed E-state index contributed by atoms with van der Waals surface area (Å²) in [7, 11) is 1.61. The van der Waals surface area contributed by atoms with Gasteiger partial charge in [-0.1, -0.05) is 25.1 Å². The van der Waals surface area contributed by atoms with Gasteiger partial charge in [0.25, 0.3) is 5.91 Å². The Hall–Kier alpha value is -2.49. The summed E-state index contributed by atoms with van der Waals surface area (Å²) < 4.78 is 10.8. The lowest BCUT2D eigenvalue weighted by atomic mass is 10.2. The van der Waals surface area contributed by atoms with Gasteiger partial charge in [0.1, 0.15) is 11.5 Å². The molecule has 0 aliphatic rings. The van der Waals surface area contributed by atoms with E-state index in [1.807, 2.05) is 37.3 Å². The van der Waals surface area contributed by atoms with E-state index in [9.17, 15) is 4.79 Å². The molecule has 2 aromatic carbocycles. The fourth-order valence-corrected chi connectivity index (χ4v) is 1.88. The minimum Gasteiger partial charge on any atom is -0.497 e. The summed E-state index contributed by atoms with van der Waals surface area (Å²) in [5.41, 5.74) is 0.718. The number of carbonyl (C=O) groups excluding carboxylic acids is 1. The Morgan fingerprint density at radius 3 is 2.29 bits per heavy atom. The van der Waals surface area contributed by atoms with Crippen molar-refractivity contribution in [1.29, 1.82) is 0 Å². The van der Waals surface area contributed by atoms with Gasteiger partial charge in [0.2, 0.25) is 0 Å². The maximum Gasteiger partial charge on any atom is 0.265 e. The van der Waals surface area contributed by atoms with E-state index >= 15 is 0 Å². The van der Waals surface area contributed by atoms with E-state index in [1.165, 1.54) is 0 Å². The molecule has 0 radical (unpaired) electrons. The van der Waals surface area contributed by atoms with Crippen molar-refractivity contribution in [2.24, 2.45) is 0 Å².